The van der Waals surface area contributed by atoms with Crippen molar-refractivity contribution >= 4 is 11.8 Å². The molecule has 0 unspecified atom stereocenters. The van der Waals surface area contributed by atoms with Gasteiger partial charge in [0, 0.05) is 0 Å². The third-order valence-electron chi connectivity index (χ3n) is 2.89. The molecule has 0 aliphatic carbocycles. The Kier molecular flexibility index (Phi) is 1.11. The van der Waals surface area contributed by atoms with Gasteiger partial charge in [-0.2, -0.15) is 5.06 Å². The van der Waals surface area contributed by atoms with E-state index in [0.717, 1.165) is 0 Å². The molecule has 0 aromatic carbocycles. The van der Waals surface area contributed by atoms with Gasteiger partial charge in [0.15, 0.2) is 0 Å². The van der Waals surface area contributed by atoms with E-state index in [4.69, 9.17) is 9.94 Å². The molecule has 13 heavy (non-hydrogen) atoms. The highest BCUT2D eigenvalue weighted by molar-refractivity contribution is 6.05. The molecule has 1 N–H and O–H groups in total. The normalized spacial score (nSPS) is 46.4. The molecule has 0 spiro atoms. The largest absolute Gasteiger partial charge is 0.365 e. The predicted octanol–water partition coefficient (Wildman–Crippen LogP) is -0.686. The first-order valence-corrected chi connectivity index (χ1v) is 4.10. The molecule has 5 nitrogen and oxygen atoms in total. The number of nitrogens with zero attached hydrogens (tertiary/aromatic N) is 1. The first-order valence-electron chi connectivity index (χ1n) is 4.10. The molecule has 3 rings (SSSR count). The van der Waals surface area contributed by atoms with Crippen LogP contribution in [0.2, 0.25) is 0 Å². The zero-order chi connectivity index (χ0) is 9.16. The molecular weight excluding hydrogens is 174 g/mol. The smallest absolute Gasteiger partial charge is 0.260 e. The summed E-state index contributed by atoms with van der Waals surface area (Å²) in [6, 6.07) is 0. The highest BCUT2D eigenvalue weighted by Gasteiger charge is 2.60. The van der Waals surface area contributed by atoms with Crippen molar-refractivity contribution in [2.75, 3.05) is 0 Å². The minimum absolute atomic E-state index is 0.227. The second kappa shape index (κ2) is 2.00. The van der Waals surface area contributed by atoms with E-state index >= 15 is 0 Å². The SMILES string of the molecule is O=C1[C@H]2[C@H](C(=O)N1O)[C@H]1C=C[C@@H]2O1. The third-order valence-corrected chi connectivity index (χ3v) is 2.89. The highest BCUT2D eigenvalue weighted by Crippen LogP contribution is 2.44. The minimum Gasteiger partial charge on any atom is -0.365 e. The van der Waals surface area contributed by atoms with Crippen LogP contribution in [0.15, 0.2) is 12.2 Å². The summed E-state index contributed by atoms with van der Waals surface area (Å²) in [6.45, 7) is 0. The van der Waals surface area contributed by atoms with Gasteiger partial charge in [0.25, 0.3) is 11.8 Å². The Morgan fingerprint density at radius 2 is 1.62 bits per heavy atom. The van der Waals surface area contributed by atoms with E-state index in [2.05, 4.69) is 0 Å². The summed E-state index contributed by atoms with van der Waals surface area (Å²) in [5.41, 5.74) is 0. The Labute approximate surface area is 73.5 Å². The molecule has 3 heterocycles. The summed E-state index contributed by atoms with van der Waals surface area (Å²) in [6.07, 6.45) is 2.92. The molecule has 0 saturated carbocycles. The Balaban J connectivity index is 2.08. The fraction of sp³-hybridized carbons (Fsp3) is 0.500. The number of hydrogen-bond donors (Lipinski definition) is 1. The lowest BCUT2D eigenvalue weighted by molar-refractivity contribution is -0.175. The zero-order valence-corrected chi connectivity index (χ0v) is 6.58. The van der Waals surface area contributed by atoms with Gasteiger partial charge in [-0.25, -0.2) is 0 Å². The predicted molar refractivity (Wildman–Crippen MR) is 38.4 cm³/mol. The van der Waals surface area contributed by atoms with E-state index in [0.29, 0.717) is 0 Å². The van der Waals surface area contributed by atoms with E-state index in [1.807, 2.05) is 0 Å². The van der Waals surface area contributed by atoms with Crippen LogP contribution in [-0.4, -0.2) is 34.3 Å². The van der Waals surface area contributed by atoms with Gasteiger partial charge < -0.3 is 4.74 Å². The van der Waals surface area contributed by atoms with E-state index in [9.17, 15) is 9.59 Å². The molecule has 0 radical (unpaired) electrons. The molecule has 4 atom stereocenters. The van der Waals surface area contributed by atoms with Crippen molar-refractivity contribution in [3.8, 4) is 0 Å². The Hall–Kier alpha value is -1.20. The molecule has 2 amide bonds. The van der Waals surface area contributed by atoms with Gasteiger partial charge in [0.05, 0.1) is 24.0 Å². The lowest BCUT2D eigenvalue weighted by Gasteiger charge is -2.09. The van der Waals surface area contributed by atoms with Gasteiger partial charge in [-0.05, 0) is 0 Å². The quantitative estimate of drug-likeness (QED) is 0.305. The van der Waals surface area contributed by atoms with Crippen molar-refractivity contribution in [3.05, 3.63) is 12.2 Å². The van der Waals surface area contributed by atoms with Gasteiger partial charge in [-0.1, -0.05) is 12.2 Å². The van der Waals surface area contributed by atoms with Crippen LogP contribution in [0.5, 0.6) is 0 Å². The molecule has 2 saturated heterocycles. The van der Waals surface area contributed by atoms with Crippen molar-refractivity contribution in [2.45, 2.75) is 12.2 Å². The van der Waals surface area contributed by atoms with Gasteiger partial charge >= 0.3 is 0 Å². The van der Waals surface area contributed by atoms with Crippen molar-refractivity contribution in [1.29, 1.82) is 0 Å². The Morgan fingerprint density at radius 3 is 2.08 bits per heavy atom. The minimum atomic E-state index is -0.535. The standard InChI is InChI=1S/C8H7NO4/c10-7-5-3-1-2-4(13-3)6(5)8(11)9(7)12/h1-6,12H/t3-,4+,5-,6-/m1/s1. The third kappa shape index (κ3) is 0.653. The fourth-order valence-electron chi connectivity index (χ4n) is 2.29. The van der Waals surface area contributed by atoms with Crippen LogP contribution < -0.4 is 0 Å². The van der Waals surface area contributed by atoms with Crippen LogP contribution in [0.25, 0.3) is 0 Å². The number of amides is 2. The topological polar surface area (TPSA) is 66.8 Å². The van der Waals surface area contributed by atoms with Crippen molar-refractivity contribution in [1.82, 2.24) is 5.06 Å². The fourth-order valence-corrected chi connectivity index (χ4v) is 2.29. The monoisotopic (exact) mass is 181 g/mol. The number of carbonyl (C=O) groups is 2. The van der Waals surface area contributed by atoms with E-state index in [-0.39, 0.29) is 17.3 Å². The van der Waals surface area contributed by atoms with Gasteiger partial charge in [0.1, 0.15) is 0 Å². The molecule has 0 aromatic rings. The first kappa shape index (κ1) is 7.23. The average Bonchev–Trinajstić information content (AvgIpc) is 2.76. The summed E-state index contributed by atoms with van der Waals surface area (Å²) >= 11 is 0. The van der Waals surface area contributed by atoms with Gasteiger partial charge in [-0.15, -0.1) is 0 Å². The number of fused-ring (bicyclic) bond motifs is 5. The average molecular weight is 181 g/mol. The molecule has 0 aromatic heterocycles. The van der Waals surface area contributed by atoms with E-state index < -0.39 is 23.7 Å². The zero-order valence-electron chi connectivity index (χ0n) is 6.58. The molecule has 2 fully saturated rings. The van der Waals surface area contributed by atoms with Gasteiger partial charge in [-0.3, -0.25) is 14.8 Å². The number of imide groups is 1. The van der Waals surface area contributed by atoms with Crippen LogP contribution in [-0.2, 0) is 14.3 Å². The second-order valence-corrected chi connectivity index (χ2v) is 3.49. The van der Waals surface area contributed by atoms with Crippen molar-refractivity contribution in [2.24, 2.45) is 11.8 Å². The summed E-state index contributed by atoms with van der Waals surface area (Å²) in [5, 5.41) is 9.31. The maximum Gasteiger partial charge on any atom is 0.260 e. The lowest BCUT2D eigenvalue weighted by Crippen LogP contribution is -2.31. The number of hydroxylamine groups is 2. The highest BCUT2D eigenvalue weighted by atomic mass is 16.5. The summed E-state index contributed by atoms with van der Waals surface area (Å²) in [5.74, 6) is -2.06. The maximum atomic E-state index is 11.3. The molecule has 3 aliphatic heterocycles. The Morgan fingerprint density at radius 1 is 1.15 bits per heavy atom. The summed E-state index contributed by atoms with van der Waals surface area (Å²) in [7, 11) is 0. The van der Waals surface area contributed by atoms with Crippen molar-refractivity contribution in [3.63, 3.8) is 0 Å². The second-order valence-electron chi connectivity index (χ2n) is 3.49. The van der Waals surface area contributed by atoms with E-state index in [1.165, 1.54) is 0 Å². The number of hydrogen-bond acceptors (Lipinski definition) is 4. The summed E-state index contributed by atoms with van der Waals surface area (Å²) in [4.78, 5) is 22.7. The molecule has 5 heteroatoms. The number of ether oxygens (including phenoxy) is 1. The van der Waals surface area contributed by atoms with Crippen molar-refractivity contribution < 1.29 is 19.5 Å². The van der Waals surface area contributed by atoms with Crippen LogP contribution in [0.1, 0.15) is 0 Å². The molecular formula is C8H7NO4. The van der Waals surface area contributed by atoms with Crippen LogP contribution in [0.3, 0.4) is 0 Å². The maximum absolute atomic E-state index is 11.3. The Bertz CT molecular complexity index is 307. The van der Waals surface area contributed by atoms with Gasteiger partial charge in [0.2, 0.25) is 0 Å². The van der Waals surface area contributed by atoms with Crippen LogP contribution in [0, 0.1) is 11.8 Å². The molecule has 68 valence electrons. The number of rotatable bonds is 0. The van der Waals surface area contributed by atoms with E-state index in [1.54, 1.807) is 12.2 Å². The number of carbonyl (C=O) groups excluding carboxylic acids is 2. The summed E-state index contributed by atoms with van der Waals surface area (Å²) < 4.78 is 5.34. The van der Waals surface area contributed by atoms with Crippen LogP contribution in [0.4, 0.5) is 0 Å². The van der Waals surface area contributed by atoms with Crippen LogP contribution >= 0.6 is 0 Å². The molecule has 2 bridgehead atoms. The molecule has 3 aliphatic rings. The first-order chi connectivity index (χ1) is 6.20. The lowest BCUT2D eigenvalue weighted by atomic mass is 9.85.